The molecular weight excluding hydrogens is 266 g/mol. The van der Waals surface area contributed by atoms with Crippen LogP contribution in [0.15, 0.2) is 18.2 Å². The van der Waals surface area contributed by atoms with Gasteiger partial charge in [-0.15, -0.1) is 0 Å². The van der Waals surface area contributed by atoms with Gasteiger partial charge in [-0.05, 0) is 39.8 Å². The van der Waals surface area contributed by atoms with Crippen molar-refractivity contribution in [3.8, 4) is 5.75 Å². The number of hydrogen-bond acceptors (Lipinski definition) is 3. The highest BCUT2D eigenvalue weighted by Crippen LogP contribution is 2.27. The Bertz CT molecular complexity index is 454. The lowest BCUT2D eigenvalue weighted by Gasteiger charge is -2.24. The molecule has 0 saturated heterocycles. The number of amides is 1. The number of ether oxygens (including phenoxy) is 1. The predicted molar refractivity (Wildman–Crippen MR) is 75.4 cm³/mol. The molecule has 1 atom stereocenters. The molecule has 4 nitrogen and oxygen atoms in total. The Kier molecular flexibility index (Phi) is 5.20. The van der Waals surface area contributed by atoms with Gasteiger partial charge in [0.2, 0.25) is 0 Å². The zero-order chi connectivity index (χ0) is 14.6. The zero-order valence-corrected chi connectivity index (χ0v) is 12.4. The average molecular weight is 286 g/mol. The lowest BCUT2D eigenvalue weighted by atomic mass is 10.1. The summed E-state index contributed by atoms with van der Waals surface area (Å²) < 4.78 is 5.57. The summed E-state index contributed by atoms with van der Waals surface area (Å²) in [4.78, 5) is 11.9. The number of halogens is 1. The van der Waals surface area contributed by atoms with E-state index < -0.39 is 6.10 Å². The minimum absolute atomic E-state index is 0.212. The standard InChI is InChI=1S/C14H20ClNO3/c1-9(13(18)16-14(2,3)4)19-12-7-5-6-11(15)10(12)8-17/h5-7,9,17H,8H2,1-4H3,(H,16,18). The van der Waals surface area contributed by atoms with Crippen molar-refractivity contribution in [3.05, 3.63) is 28.8 Å². The topological polar surface area (TPSA) is 58.6 Å². The van der Waals surface area contributed by atoms with Gasteiger partial charge in [-0.1, -0.05) is 17.7 Å². The van der Waals surface area contributed by atoms with Crippen molar-refractivity contribution in [2.45, 2.75) is 45.9 Å². The summed E-state index contributed by atoms with van der Waals surface area (Å²) in [6.07, 6.45) is -0.664. The highest BCUT2D eigenvalue weighted by Gasteiger charge is 2.21. The second kappa shape index (κ2) is 6.26. The van der Waals surface area contributed by atoms with Gasteiger partial charge in [0, 0.05) is 16.1 Å². The van der Waals surface area contributed by atoms with E-state index >= 15 is 0 Å². The lowest BCUT2D eigenvalue weighted by Crippen LogP contribution is -2.46. The summed E-state index contributed by atoms with van der Waals surface area (Å²) in [7, 11) is 0. The van der Waals surface area contributed by atoms with Crippen molar-refractivity contribution >= 4 is 17.5 Å². The molecule has 0 saturated carbocycles. The van der Waals surface area contributed by atoms with Gasteiger partial charge in [0.25, 0.3) is 5.91 Å². The first-order valence-electron chi connectivity index (χ1n) is 6.11. The minimum atomic E-state index is -0.664. The van der Waals surface area contributed by atoms with Crippen LogP contribution in [0.2, 0.25) is 5.02 Å². The van der Waals surface area contributed by atoms with Crippen molar-refractivity contribution in [1.29, 1.82) is 0 Å². The van der Waals surface area contributed by atoms with Crippen LogP contribution < -0.4 is 10.1 Å². The van der Waals surface area contributed by atoms with Crippen LogP contribution >= 0.6 is 11.6 Å². The van der Waals surface area contributed by atoms with E-state index in [1.165, 1.54) is 0 Å². The molecule has 0 aliphatic rings. The summed E-state index contributed by atoms with van der Waals surface area (Å²) in [6, 6.07) is 5.06. The van der Waals surface area contributed by atoms with Gasteiger partial charge in [0.05, 0.1) is 6.61 Å². The molecule has 1 rings (SSSR count). The molecule has 19 heavy (non-hydrogen) atoms. The molecule has 5 heteroatoms. The van der Waals surface area contributed by atoms with E-state index in [2.05, 4.69) is 5.32 Å². The van der Waals surface area contributed by atoms with Crippen LogP contribution in [0.5, 0.6) is 5.75 Å². The van der Waals surface area contributed by atoms with Gasteiger partial charge >= 0.3 is 0 Å². The molecule has 0 aliphatic carbocycles. The van der Waals surface area contributed by atoms with Gasteiger partial charge in [-0.3, -0.25) is 4.79 Å². The summed E-state index contributed by atoms with van der Waals surface area (Å²) >= 11 is 5.96. The Morgan fingerprint density at radius 1 is 1.47 bits per heavy atom. The third-order valence-electron chi connectivity index (χ3n) is 2.41. The molecule has 1 unspecified atom stereocenters. The number of rotatable bonds is 4. The molecule has 0 fully saturated rings. The fourth-order valence-corrected chi connectivity index (χ4v) is 1.74. The number of hydrogen-bond donors (Lipinski definition) is 2. The van der Waals surface area contributed by atoms with Crippen molar-refractivity contribution in [3.63, 3.8) is 0 Å². The first-order chi connectivity index (χ1) is 8.74. The minimum Gasteiger partial charge on any atom is -0.480 e. The molecule has 0 radical (unpaired) electrons. The van der Waals surface area contributed by atoms with Crippen molar-refractivity contribution in [2.24, 2.45) is 0 Å². The fraction of sp³-hybridized carbons (Fsp3) is 0.500. The normalized spacial score (nSPS) is 12.9. The highest BCUT2D eigenvalue weighted by molar-refractivity contribution is 6.31. The number of aliphatic hydroxyl groups excluding tert-OH is 1. The zero-order valence-electron chi connectivity index (χ0n) is 11.7. The van der Waals surface area contributed by atoms with E-state index in [-0.39, 0.29) is 18.1 Å². The predicted octanol–water partition coefficient (Wildman–Crippen LogP) is 2.51. The Labute approximate surface area is 118 Å². The smallest absolute Gasteiger partial charge is 0.261 e. The number of carbonyl (C=O) groups is 1. The molecule has 0 spiro atoms. The summed E-state index contributed by atoms with van der Waals surface area (Å²) in [5.41, 5.74) is 0.169. The maximum Gasteiger partial charge on any atom is 0.261 e. The number of aliphatic hydroxyl groups is 1. The van der Waals surface area contributed by atoms with Crippen molar-refractivity contribution in [1.82, 2.24) is 5.32 Å². The first kappa shape index (κ1) is 15.8. The Balaban J connectivity index is 2.80. The van der Waals surface area contributed by atoms with Crippen LogP contribution in [0.25, 0.3) is 0 Å². The van der Waals surface area contributed by atoms with E-state index in [9.17, 15) is 9.90 Å². The van der Waals surface area contributed by atoms with Crippen molar-refractivity contribution < 1.29 is 14.6 Å². The number of carbonyl (C=O) groups excluding carboxylic acids is 1. The van der Waals surface area contributed by atoms with Gasteiger partial charge in [-0.2, -0.15) is 0 Å². The van der Waals surface area contributed by atoms with E-state index in [0.717, 1.165) is 0 Å². The van der Waals surface area contributed by atoms with E-state index in [1.807, 2.05) is 20.8 Å². The SMILES string of the molecule is CC(Oc1cccc(Cl)c1CO)C(=O)NC(C)(C)C. The molecular formula is C14H20ClNO3. The van der Waals surface area contributed by atoms with Crippen LogP contribution in [0, 0.1) is 0 Å². The van der Waals surface area contributed by atoms with E-state index in [1.54, 1.807) is 25.1 Å². The maximum atomic E-state index is 11.9. The summed E-state index contributed by atoms with van der Waals surface area (Å²) in [5.74, 6) is 0.211. The largest absolute Gasteiger partial charge is 0.480 e. The summed E-state index contributed by atoms with van der Waals surface area (Å²) in [5, 5.41) is 12.5. The molecule has 1 amide bonds. The molecule has 1 aromatic rings. The van der Waals surface area contributed by atoms with E-state index in [0.29, 0.717) is 16.3 Å². The Hall–Kier alpha value is -1.26. The van der Waals surface area contributed by atoms with E-state index in [4.69, 9.17) is 16.3 Å². The lowest BCUT2D eigenvalue weighted by molar-refractivity contribution is -0.128. The molecule has 2 N–H and O–H groups in total. The molecule has 106 valence electrons. The maximum absolute atomic E-state index is 11.9. The highest BCUT2D eigenvalue weighted by atomic mass is 35.5. The Morgan fingerprint density at radius 2 is 2.11 bits per heavy atom. The van der Waals surface area contributed by atoms with Gasteiger partial charge in [0.1, 0.15) is 5.75 Å². The van der Waals surface area contributed by atoms with Crippen LogP contribution in [-0.2, 0) is 11.4 Å². The first-order valence-corrected chi connectivity index (χ1v) is 6.49. The second-order valence-electron chi connectivity index (χ2n) is 5.37. The average Bonchev–Trinajstić information content (AvgIpc) is 2.27. The van der Waals surface area contributed by atoms with Crippen LogP contribution in [0.4, 0.5) is 0 Å². The fourth-order valence-electron chi connectivity index (χ4n) is 1.52. The molecule has 0 aromatic heterocycles. The summed E-state index contributed by atoms with van der Waals surface area (Å²) in [6.45, 7) is 7.12. The Morgan fingerprint density at radius 3 is 2.63 bits per heavy atom. The van der Waals surface area contributed by atoms with Crippen LogP contribution in [0.1, 0.15) is 33.3 Å². The van der Waals surface area contributed by atoms with Crippen LogP contribution in [-0.4, -0.2) is 22.7 Å². The second-order valence-corrected chi connectivity index (χ2v) is 5.78. The quantitative estimate of drug-likeness (QED) is 0.894. The third kappa shape index (κ3) is 4.73. The van der Waals surface area contributed by atoms with Gasteiger partial charge < -0.3 is 15.2 Å². The van der Waals surface area contributed by atoms with Gasteiger partial charge in [0.15, 0.2) is 6.10 Å². The molecule has 0 aliphatic heterocycles. The van der Waals surface area contributed by atoms with Crippen LogP contribution in [0.3, 0.4) is 0 Å². The van der Waals surface area contributed by atoms with Gasteiger partial charge in [-0.25, -0.2) is 0 Å². The molecule has 0 bridgehead atoms. The monoisotopic (exact) mass is 285 g/mol. The number of nitrogens with one attached hydrogen (secondary N) is 1. The number of benzene rings is 1. The third-order valence-corrected chi connectivity index (χ3v) is 2.76. The van der Waals surface area contributed by atoms with Crippen molar-refractivity contribution in [2.75, 3.05) is 0 Å². The molecule has 1 aromatic carbocycles. The molecule has 0 heterocycles.